The highest BCUT2D eigenvalue weighted by atomic mass is 35.5. The fourth-order valence-electron chi connectivity index (χ4n) is 2.99. The molecule has 1 aliphatic carbocycles. The summed E-state index contributed by atoms with van der Waals surface area (Å²) in [4.78, 5) is 13.2. The molecule has 2 rings (SSSR count). The van der Waals surface area contributed by atoms with E-state index >= 15 is 0 Å². The molecule has 0 bridgehead atoms. The quantitative estimate of drug-likeness (QED) is 0.846. The molecule has 0 heterocycles. The zero-order chi connectivity index (χ0) is 14.5. The average Bonchev–Trinajstić information content (AvgIpc) is 2.62. The first-order valence-corrected chi connectivity index (χ1v) is 7.68. The van der Waals surface area contributed by atoms with E-state index in [0.29, 0.717) is 11.1 Å². The zero-order valence-electron chi connectivity index (χ0n) is 11.9. The van der Waals surface area contributed by atoms with E-state index in [1.807, 2.05) is 29.2 Å². The van der Waals surface area contributed by atoms with Crippen molar-refractivity contribution in [2.45, 2.75) is 45.1 Å². The molecule has 4 heteroatoms. The van der Waals surface area contributed by atoms with Crippen LogP contribution < -0.4 is 4.90 Å². The van der Waals surface area contributed by atoms with Crippen LogP contribution in [0.1, 0.15) is 39.0 Å². The van der Waals surface area contributed by atoms with Gasteiger partial charge >= 0.3 is 5.97 Å². The minimum Gasteiger partial charge on any atom is -0.480 e. The van der Waals surface area contributed by atoms with Gasteiger partial charge in [-0.05, 0) is 49.4 Å². The SMILES string of the molecule is CC1CCCC(N(CC(=O)O)c2ccc(Cl)cc2)CC1. The summed E-state index contributed by atoms with van der Waals surface area (Å²) >= 11 is 5.92. The van der Waals surface area contributed by atoms with Gasteiger partial charge in [0.05, 0.1) is 0 Å². The van der Waals surface area contributed by atoms with Gasteiger partial charge in [0, 0.05) is 16.8 Å². The summed E-state index contributed by atoms with van der Waals surface area (Å²) in [7, 11) is 0. The molecule has 2 unspecified atom stereocenters. The third-order valence-corrected chi connectivity index (χ3v) is 4.38. The number of hydrogen-bond donors (Lipinski definition) is 1. The minimum absolute atomic E-state index is 0.0562. The number of hydrogen-bond acceptors (Lipinski definition) is 2. The molecule has 1 N–H and O–H groups in total. The Balaban J connectivity index is 2.17. The molecule has 1 aliphatic rings. The van der Waals surface area contributed by atoms with E-state index in [4.69, 9.17) is 11.6 Å². The van der Waals surface area contributed by atoms with Crippen LogP contribution in [0, 0.1) is 5.92 Å². The molecule has 0 amide bonds. The number of anilines is 1. The average molecular weight is 296 g/mol. The molecule has 110 valence electrons. The molecule has 3 nitrogen and oxygen atoms in total. The van der Waals surface area contributed by atoms with Gasteiger partial charge in [-0.25, -0.2) is 0 Å². The highest BCUT2D eigenvalue weighted by Gasteiger charge is 2.24. The lowest BCUT2D eigenvalue weighted by Gasteiger charge is -2.32. The summed E-state index contributed by atoms with van der Waals surface area (Å²) in [6, 6.07) is 7.80. The van der Waals surface area contributed by atoms with Gasteiger partial charge in [0.1, 0.15) is 6.54 Å². The van der Waals surface area contributed by atoms with E-state index in [0.717, 1.165) is 24.4 Å². The van der Waals surface area contributed by atoms with Crippen LogP contribution in [0.5, 0.6) is 0 Å². The fraction of sp³-hybridized carbons (Fsp3) is 0.562. The van der Waals surface area contributed by atoms with Crippen LogP contribution in [-0.4, -0.2) is 23.7 Å². The second kappa shape index (κ2) is 6.98. The monoisotopic (exact) mass is 295 g/mol. The standard InChI is InChI=1S/C16H22ClNO2/c1-12-3-2-4-14(8-5-12)18(11-16(19)20)15-9-6-13(17)7-10-15/h6-7,9-10,12,14H,2-5,8,11H2,1H3,(H,19,20). The maximum atomic E-state index is 11.2. The predicted octanol–water partition coefficient (Wildman–Crippen LogP) is 4.20. The maximum Gasteiger partial charge on any atom is 0.323 e. The summed E-state index contributed by atoms with van der Waals surface area (Å²) in [5.41, 5.74) is 0.955. The van der Waals surface area contributed by atoms with Crippen molar-refractivity contribution in [1.29, 1.82) is 0 Å². The molecule has 0 aliphatic heterocycles. The van der Waals surface area contributed by atoms with Crippen molar-refractivity contribution in [3.8, 4) is 0 Å². The van der Waals surface area contributed by atoms with Crippen LogP contribution in [-0.2, 0) is 4.79 Å². The summed E-state index contributed by atoms with van der Waals surface area (Å²) in [5, 5.41) is 9.86. The topological polar surface area (TPSA) is 40.5 Å². The Morgan fingerprint density at radius 3 is 2.60 bits per heavy atom. The Hall–Kier alpha value is -1.22. The normalized spacial score (nSPS) is 23.1. The summed E-state index contributed by atoms with van der Waals surface area (Å²) in [6.07, 6.45) is 5.74. The number of carboxylic acid groups (broad SMARTS) is 1. The lowest BCUT2D eigenvalue weighted by molar-refractivity contribution is -0.135. The molecule has 0 spiro atoms. The minimum atomic E-state index is -0.780. The van der Waals surface area contributed by atoms with Crippen molar-refractivity contribution < 1.29 is 9.90 Å². The van der Waals surface area contributed by atoms with Gasteiger partial charge in [-0.15, -0.1) is 0 Å². The number of benzene rings is 1. The maximum absolute atomic E-state index is 11.2. The van der Waals surface area contributed by atoms with E-state index in [-0.39, 0.29) is 6.54 Å². The Morgan fingerprint density at radius 1 is 1.25 bits per heavy atom. The lowest BCUT2D eigenvalue weighted by atomic mass is 10.0. The molecule has 0 saturated heterocycles. The van der Waals surface area contributed by atoms with E-state index in [1.54, 1.807) is 0 Å². The van der Waals surface area contributed by atoms with Crippen molar-refractivity contribution in [2.75, 3.05) is 11.4 Å². The van der Waals surface area contributed by atoms with Crippen molar-refractivity contribution in [1.82, 2.24) is 0 Å². The van der Waals surface area contributed by atoms with Crippen LogP contribution in [0.2, 0.25) is 5.02 Å². The Labute approximate surface area is 125 Å². The number of carboxylic acids is 1. The first-order valence-electron chi connectivity index (χ1n) is 7.30. The molecule has 2 atom stereocenters. The van der Waals surface area contributed by atoms with Crippen LogP contribution in [0.4, 0.5) is 5.69 Å². The number of carbonyl (C=O) groups is 1. The van der Waals surface area contributed by atoms with Gasteiger partial charge in [-0.2, -0.15) is 0 Å². The largest absolute Gasteiger partial charge is 0.480 e. The van der Waals surface area contributed by atoms with Crippen LogP contribution in [0.25, 0.3) is 0 Å². The predicted molar refractivity (Wildman–Crippen MR) is 82.5 cm³/mol. The van der Waals surface area contributed by atoms with Gasteiger partial charge in [0.15, 0.2) is 0 Å². The molecule has 20 heavy (non-hydrogen) atoms. The molecule has 1 fully saturated rings. The van der Waals surface area contributed by atoms with Crippen molar-refractivity contribution in [2.24, 2.45) is 5.92 Å². The molecule has 1 aromatic rings. The lowest BCUT2D eigenvalue weighted by Crippen LogP contribution is -2.39. The number of halogens is 1. The molecule has 0 radical (unpaired) electrons. The summed E-state index contributed by atoms with van der Waals surface area (Å²) < 4.78 is 0. The third-order valence-electron chi connectivity index (χ3n) is 4.13. The molecular weight excluding hydrogens is 274 g/mol. The number of aliphatic carboxylic acids is 1. The number of nitrogens with zero attached hydrogens (tertiary/aromatic N) is 1. The van der Waals surface area contributed by atoms with E-state index in [1.165, 1.54) is 19.3 Å². The van der Waals surface area contributed by atoms with Gasteiger partial charge in [-0.1, -0.05) is 31.4 Å². The van der Waals surface area contributed by atoms with E-state index in [9.17, 15) is 9.90 Å². The van der Waals surface area contributed by atoms with Gasteiger partial charge in [-0.3, -0.25) is 4.79 Å². The smallest absolute Gasteiger partial charge is 0.323 e. The Morgan fingerprint density at radius 2 is 1.95 bits per heavy atom. The number of rotatable bonds is 4. The summed E-state index contributed by atoms with van der Waals surface area (Å²) in [5.74, 6) is -0.0332. The van der Waals surface area contributed by atoms with Gasteiger partial charge in [0.25, 0.3) is 0 Å². The third kappa shape index (κ3) is 4.14. The van der Waals surface area contributed by atoms with Gasteiger partial charge < -0.3 is 10.0 Å². The van der Waals surface area contributed by atoms with Gasteiger partial charge in [0.2, 0.25) is 0 Å². The highest BCUT2D eigenvalue weighted by Crippen LogP contribution is 2.29. The first kappa shape index (κ1) is 15.2. The first-order chi connectivity index (χ1) is 9.56. The van der Waals surface area contributed by atoms with Crippen molar-refractivity contribution in [3.63, 3.8) is 0 Å². The van der Waals surface area contributed by atoms with E-state index in [2.05, 4.69) is 6.92 Å². The highest BCUT2D eigenvalue weighted by molar-refractivity contribution is 6.30. The van der Waals surface area contributed by atoms with E-state index < -0.39 is 5.97 Å². The van der Waals surface area contributed by atoms with Crippen LogP contribution >= 0.6 is 11.6 Å². The van der Waals surface area contributed by atoms with Crippen LogP contribution in [0.3, 0.4) is 0 Å². The van der Waals surface area contributed by atoms with Crippen molar-refractivity contribution >= 4 is 23.3 Å². The summed E-state index contributed by atoms with van der Waals surface area (Å²) in [6.45, 7) is 2.34. The second-order valence-corrected chi connectivity index (χ2v) is 6.20. The molecule has 0 aromatic heterocycles. The molecule has 1 aromatic carbocycles. The van der Waals surface area contributed by atoms with Crippen molar-refractivity contribution in [3.05, 3.63) is 29.3 Å². The zero-order valence-corrected chi connectivity index (χ0v) is 12.6. The molecular formula is C16H22ClNO2. The Kier molecular flexibility index (Phi) is 5.30. The fourth-order valence-corrected chi connectivity index (χ4v) is 3.11. The Bertz CT molecular complexity index is 446. The second-order valence-electron chi connectivity index (χ2n) is 5.77. The van der Waals surface area contributed by atoms with Crippen LogP contribution in [0.15, 0.2) is 24.3 Å². The molecule has 1 saturated carbocycles.